The van der Waals surface area contributed by atoms with E-state index in [4.69, 9.17) is 18.7 Å². The number of methoxy groups -OCH3 is 2. The van der Waals surface area contributed by atoms with Gasteiger partial charge in [0.15, 0.2) is 0 Å². The first-order valence-electron chi connectivity index (χ1n) is 8.66. The molecular weight excluding hydrogens is 389 g/mol. The first kappa shape index (κ1) is 21.1. The highest BCUT2D eigenvalue weighted by Crippen LogP contribution is 2.48. The summed E-state index contributed by atoms with van der Waals surface area (Å²) < 4.78 is 40.1. The molecule has 10 heteroatoms. The molecule has 0 radical (unpaired) electrons. The summed E-state index contributed by atoms with van der Waals surface area (Å²) in [6.07, 6.45) is -0.0699. The van der Waals surface area contributed by atoms with E-state index < -0.39 is 25.6 Å². The average molecular weight is 413 g/mol. The van der Waals surface area contributed by atoms with Gasteiger partial charge >= 0.3 is 7.82 Å². The molecule has 0 saturated carbocycles. The lowest BCUT2D eigenvalue weighted by molar-refractivity contribution is -0.113. The van der Waals surface area contributed by atoms with E-state index in [-0.39, 0.29) is 25.3 Å². The fourth-order valence-electron chi connectivity index (χ4n) is 3.42. The molecule has 1 aliphatic rings. The van der Waals surface area contributed by atoms with E-state index in [1.54, 1.807) is 18.3 Å². The standard InChI is InChI=1S/C18H24NO8P/c1-23-11-18(24-2)12-26-15(16(18)27-28(21,22)25-3)10-19-9-8-13-6-4-5-7-14(13)17(19)20/h4-9,15-16H,10-12H2,1-3H3,(H,21,22)/t15-,16+,18+/m1/s1. The van der Waals surface area contributed by atoms with Crippen molar-refractivity contribution in [1.82, 2.24) is 4.57 Å². The van der Waals surface area contributed by atoms with Crippen molar-refractivity contribution >= 4 is 18.6 Å². The second-order valence-electron chi connectivity index (χ2n) is 6.59. The number of pyridine rings is 1. The molecule has 1 unspecified atom stereocenters. The molecule has 0 amide bonds. The summed E-state index contributed by atoms with van der Waals surface area (Å²) in [6, 6.07) is 9.08. The molecule has 2 heterocycles. The minimum Gasteiger partial charge on any atom is -0.381 e. The number of rotatable bonds is 8. The van der Waals surface area contributed by atoms with Crippen LogP contribution in [0.3, 0.4) is 0 Å². The Morgan fingerprint density at radius 2 is 2.04 bits per heavy atom. The van der Waals surface area contributed by atoms with Crippen molar-refractivity contribution in [3.63, 3.8) is 0 Å². The van der Waals surface area contributed by atoms with Gasteiger partial charge in [0.05, 0.1) is 19.8 Å². The fourth-order valence-corrected chi connectivity index (χ4v) is 4.13. The van der Waals surface area contributed by atoms with Gasteiger partial charge in [-0.25, -0.2) is 4.57 Å². The van der Waals surface area contributed by atoms with Crippen molar-refractivity contribution < 1.29 is 32.7 Å². The van der Waals surface area contributed by atoms with E-state index in [1.165, 1.54) is 18.8 Å². The van der Waals surface area contributed by atoms with Crippen LogP contribution in [0.2, 0.25) is 0 Å². The number of ether oxygens (including phenoxy) is 3. The van der Waals surface area contributed by atoms with Crippen LogP contribution < -0.4 is 5.56 Å². The van der Waals surface area contributed by atoms with Gasteiger partial charge in [-0.05, 0) is 17.5 Å². The van der Waals surface area contributed by atoms with Crippen molar-refractivity contribution in [2.24, 2.45) is 0 Å². The lowest BCUT2D eigenvalue weighted by Crippen LogP contribution is -2.51. The van der Waals surface area contributed by atoms with Gasteiger partial charge < -0.3 is 23.7 Å². The van der Waals surface area contributed by atoms with E-state index in [2.05, 4.69) is 4.52 Å². The van der Waals surface area contributed by atoms with Gasteiger partial charge in [-0.3, -0.25) is 13.8 Å². The van der Waals surface area contributed by atoms with Crippen LogP contribution in [0.5, 0.6) is 0 Å². The Labute approximate surface area is 162 Å². The Morgan fingerprint density at radius 3 is 2.71 bits per heavy atom. The molecule has 4 atom stereocenters. The van der Waals surface area contributed by atoms with Gasteiger partial charge in [0, 0.05) is 32.9 Å². The predicted octanol–water partition coefficient (Wildman–Crippen LogP) is 1.56. The van der Waals surface area contributed by atoms with Crippen LogP contribution in [0.1, 0.15) is 0 Å². The maximum absolute atomic E-state index is 12.8. The topological polar surface area (TPSA) is 105 Å². The summed E-state index contributed by atoms with van der Waals surface area (Å²) in [5.74, 6) is 0. The normalized spacial score (nSPS) is 27.1. The quantitative estimate of drug-likeness (QED) is 0.650. The number of fused-ring (bicyclic) bond motifs is 1. The third-order valence-electron chi connectivity index (χ3n) is 4.93. The molecule has 1 aromatic heterocycles. The van der Waals surface area contributed by atoms with Gasteiger partial charge in [0.2, 0.25) is 0 Å². The van der Waals surface area contributed by atoms with Crippen LogP contribution >= 0.6 is 7.82 Å². The van der Waals surface area contributed by atoms with Gasteiger partial charge in [0.1, 0.15) is 17.8 Å². The average Bonchev–Trinajstić information content (AvgIpc) is 3.02. The number of nitrogens with zero attached hydrogens (tertiary/aromatic N) is 1. The Bertz CT molecular complexity index is 931. The van der Waals surface area contributed by atoms with Crippen LogP contribution in [-0.2, 0) is 34.4 Å². The van der Waals surface area contributed by atoms with Crippen LogP contribution in [-0.4, -0.2) is 61.8 Å². The highest BCUT2D eigenvalue weighted by Gasteiger charge is 2.54. The second-order valence-corrected chi connectivity index (χ2v) is 8.10. The van der Waals surface area contributed by atoms with Crippen molar-refractivity contribution in [3.8, 4) is 0 Å². The Kier molecular flexibility index (Phi) is 6.36. The monoisotopic (exact) mass is 413 g/mol. The van der Waals surface area contributed by atoms with Crippen molar-refractivity contribution in [2.45, 2.75) is 24.4 Å². The van der Waals surface area contributed by atoms with Crippen molar-refractivity contribution in [3.05, 3.63) is 46.9 Å². The Hall–Kier alpha value is -1.58. The zero-order chi connectivity index (χ0) is 20.4. The Morgan fingerprint density at radius 1 is 1.29 bits per heavy atom. The predicted molar refractivity (Wildman–Crippen MR) is 101 cm³/mol. The number of aromatic nitrogens is 1. The van der Waals surface area contributed by atoms with Gasteiger partial charge in [-0.2, -0.15) is 0 Å². The van der Waals surface area contributed by atoms with Gasteiger partial charge in [-0.1, -0.05) is 18.2 Å². The van der Waals surface area contributed by atoms with E-state index in [0.29, 0.717) is 5.39 Å². The van der Waals surface area contributed by atoms with Crippen LogP contribution in [0, 0.1) is 0 Å². The first-order chi connectivity index (χ1) is 13.4. The summed E-state index contributed by atoms with van der Waals surface area (Å²) >= 11 is 0. The molecule has 1 fully saturated rings. The third kappa shape index (κ3) is 4.06. The zero-order valence-electron chi connectivity index (χ0n) is 15.9. The molecule has 1 N–H and O–H groups in total. The van der Waals surface area contributed by atoms with E-state index in [1.807, 2.05) is 18.2 Å². The summed E-state index contributed by atoms with van der Waals surface area (Å²) in [5, 5.41) is 1.40. The molecule has 0 aliphatic carbocycles. The van der Waals surface area contributed by atoms with E-state index in [0.717, 1.165) is 12.5 Å². The molecule has 2 aromatic rings. The molecule has 9 nitrogen and oxygen atoms in total. The Balaban J connectivity index is 1.94. The smallest absolute Gasteiger partial charge is 0.381 e. The second kappa shape index (κ2) is 8.42. The maximum Gasteiger partial charge on any atom is 0.472 e. The molecule has 0 spiro atoms. The molecular formula is C18H24NO8P. The summed E-state index contributed by atoms with van der Waals surface area (Å²) in [5.41, 5.74) is -1.31. The molecule has 1 aliphatic heterocycles. The minimum absolute atomic E-state index is 0.0682. The summed E-state index contributed by atoms with van der Waals surface area (Å²) in [6.45, 7) is 0.243. The number of benzene rings is 1. The van der Waals surface area contributed by atoms with Crippen molar-refractivity contribution in [2.75, 3.05) is 34.5 Å². The van der Waals surface area contributed by atoms with Crippen LogP contribution in [0.15, 0.2) is 41.3 Å². The number of phosphoric acid groups is 1. The SMILES string of the molecule is COC[C@]1(OC)CO[C@H](Cn2ccc3ccccc3c2=O)[C@@H]1OP(=O)(O)OC. The minimum atomic E-state index is -4.34. The lowest BCUT2D eigenvalue weighted by Gasteiger charge is -2.33. The van der Waals surface area contributed by atoms with E-state index in [9.17, 15) is 14.3 Å². The maximum atomic E-state index is 12.8. The lowest BCUT2D eigenvalue weighted by atomic mass is 9.97. The largest absolute Gasteiger partial charge is 0.472 e. The third-order valence-corrected chi connectivity index (χ3v) is 5.89. The molecule has 0 bridgehead atoms. The number of phosphoric ester groups is 1. The molecule has 1 aromatic carbocycles. The summed E-state index contributed by atoms with van der Waals surface area (Å²) in [4.78, 5) is 22.7. The molecule has 154 valence electrons. The van der Waals surface area contributed by atoms with Gasteiger partial charge in [0.25, 0.3) is 5.56 Å². The van der Waals surface area contributed by atoms with Crippen LogP contribution in [0.25, 0.3) is 10.8 Å². The first-order valence-corrected chi connectivity index (χ1v) is 10.2. The number of hydrogen-bond donors (Lipinski definition) is 1. The fraction of sp³-hybridized carbons (Fsp3) is 0.500. The van der Waals surface area contributed by atoms with E-state index >= 15 is 0 Å². The summed E-state index contributed by atoms with van der Waals surface area (Å²) in [7, 11) is -0.339. The molecule has 28 heavy (non-hydrogen) atoms. The van der Waals surface area contributed by atoms with Crippen molar-refractivity contribution in [1.29, 1.82) is 0 Å². The van der Waals surface area contributed by atoms with Gasteiger partial charge in [-0.15, -0.1) is 0 Å². The highest BCUT2D eigenvalue weighted by atomic mass is 31.2. The zero-order valence-corrected chi connectivity index (χ0v) is 16.8. The number of hydrogen-bond acceptors (Lipinski definition) is 7. The molecule has 3 rings (SSSR count). The van der Waals surface area contributed by atoms with Crippen LogP contribution in [0.4, 0.5) is 0 Å². The molecule has 1 saturated heterocycles. The highest BCUT2D eigenvalue weighted by molar-refractivity contribution is 7.47.